The number of nitrogens with two attached hydrogens (primary N) is 1. The molecule has 1 aromatic rings. The minimum absolute atomic E-state index is 0.161. The molecule has 0 spiro atoms. The molecule has 16 heavy (non-hydrogen) atoms. The highest BCUT2D eigenvalue weighted by Crippen LogP contribution is 2.22. The molecule has 2 rings (SSSR count). The molecule has 0 aliphatic carbocycles. The van der Waals surface area contributed by atoms with Gasteiger partial charge in [0, 0.05) is 38.1 Å². The standard InChI is InChI=1S/C12H22N4/c1-10(13)12(2,3)9-15-6-7-16-5-4-14-11(16)8-15/h4-5,10H,6-9,13H2,1-3H3. The normalized spacial score (nSPS) is 19.5. The van der Waals surface area contributed by atoms with Crippen molar-refractivity contribution < 1.29 is 0 Å². The van der Waals surface area contributed by atoms with Gasteiger partial charge >= 0.3 is 0 Å². The zero-order chi connectivity index (χ0) is 11.8. The van der Waals surface area contributed by atoms with Gasteiger partial charge in [-0.2, -0.15) is 0 Å². The molecule has 0 fully saturated rings. The van der Waals surface area contributed by atoms with E-state index in [1.54, 1.807) is 0 Å². The summed E-state index contributed by atoms with van der Waals surface area (Å²) < 4.78 is 2.23. The van der Waals surface area contributed by atoms with Gasteiger partial charge in [0.05, 0.1) is 6.54 Å². The maximum absolute atomic E-state index is 6.01. The predicted octanol–water partition coefficient (Wildman–Crippen LogP) is 1.07. The van der Waals surface area contributed by atoms with Crippen LogP contribution in [0.5, 0.6) is 0 Å². The minimum atomic E-state index is 0.161. The fraction of sp³-hybridized carbons (Fsp3) is 0.750. The first kappa shape index (κ1) is 11.6. The quantitative estimate of drug-likeness (QED) is 0.832. The molecule has 0 radical (unpaired) electrons. The molecule has 0 aromatic carbocycles. The summed E-state index contributed by atoms with van der Waals surface area (Å²) in [4.78, 5) is 6.82. The van der Waals surface area contributed by atoms with Crippen LogP contribution in [0.4, 0.5) is 0 Å². The van der Waals surface area contributed by atoms with Gasteiger partial charge in [-0.25, -0.2) is 4.98 Å². The fourth-order valence-electron chi connectivity index (χ4n) is 2.08. The molecule has 0 saturated carbocycles. The maximum Gasteiger partial charge on any atom is 0.122 e. The number of hydrogen-bond donors (Lipinski definition) is 1. The Morgan fingerprint density at radius 2 is 2.25 bits per heavy atom. The molecule has 2 N–H and O–H groups in total. The van der Waals surface area contributed by atoms with Crippen molar-refractivity contribution in [2.75, 3.05) is 13.1 Å². The van der Waals surface area contributed by atoms with Crippen LogP contribution < -0.4 is 5.73 Å². The Balaban J connectivity index is 1.99. The molecule has 1 unspecified atom stereocenters. The summed E-state index contributed by atoms with van der Waals surface area (Å²) in [5, 5.41) is 0. The van der Waals surface area contributed by atoms with Crippen LogP contribution in [-0.4, -0.2) is 33.6 Å². The van der Waals surface area contributed by atoms with E-state index in [2.05, 4.69) is 41.4 Å². The lowest BCUT2D eigenvalue weighted by molar-refractivity contribution is 0.129. The molecule has 1 aromatic heterocycles. The van der Waals surface area contributed by atoms with Crippen molar-refractivity contribution in [2.24, 2.45) is 11.1 Å². The molecule has 1 aliphatic rings. The van der Waals surface area contributed by atoms with Gasteiger partial charge in [-0.3, -0.25) is 4.90 Å². The summed E-state index contributed by atoms with van der Waals surface area (Å²) >= 11 is 0. The van der Waals surface area contributed by atoms with Crippen LogP contribution in [0, 0.1) is 5.41 Å². The number of rotatable bonds is 3. The molecule has 4 heteroatoms. The van der Waals surface area contributed by atoms with Crippen LogP contribution >= 0.6 is 0 Å². The van der Waals surface area contributed by atoms with Gasteiger partial charge in [-0.05, 0) is 12.3 Å². The minimum Gasteiger partial charge on any atom is -0.333 e. The van der Waals surface area contributed by atoms with Gasteiger partial charge in [0.25, 0.3) is 0 Å². The molecule has 0 saturated heterocycles. The first-order valence-electron chi connectivity index (χ1n) is 5.97. The Morgan fingerprint density at radius 1 is 1.50 bits per heavy atom. The predicted molar refractivity (Wildman–Crippen MR) is 64.9 cm³/mol. The van der Waals surface area contributed by atoms with Gasteiger partial charge in [0.1, 0.15) is 5.82 Å². The first-order chi connectivity index (χ1) is 7.49. The van der Waals surface area contributed by atoms with E-state index in [0.29, 0.717) is 0 Å². The van der Waals surface area contributed by atoms with Crippen LogP contribution in [0.1, 0.15) is 26.6 Å². The summed E-state index contributed by atoms with van der Waals surface area (Å²) in [7, 11) is 0. The molecular weight excluding hydrogens is 200 g/mol. The van der Waals surface area contributed by atoms with Crippen LogP contribution in [0.3, 0.4) is 0 Å². The first-order valence-corrected chi connectivity index (χ1v) is 5.97. The number of fused-ring (bicyclic) bond motifs is 1. The van der Waals surface area contributed by atoms with E-state index >= 15 is 0 Å². The summed E-state index contributed by atoms with van der Waals surface area (Å²) in [6.45, 7) is 10.7. The Kier molecular flexibility index (Phi) is 3.04. The van der Waals surface area contributed by atoms with Crippen molar-refractivity contribution in [2.45, 2.75) is 39.9 Å². The topological polar surface area (TPSA) is 47.1 Å². The molecule has 0 amide bonds. The smallest absolute Gasteiger partial charge is 0.122 e. The number of imidazole rings is 1. The molecule has 1 aliphatic heterocycles. The van der Waals surface area contributed by atoms with Crippen molar-refractivity contribution in [1.29, 1.82) is 0 Å². The highest BCUT2D eigenvalue weighted by atomic mass is 15.2. The monoisotopic (exact) mass is 222 g/mol. The van der Waals surface area contributed by atoms with Gasteiger partial charge in [-0.15, -0.1) is 0 Å². The number of hydrogen-bond acceptors (Lipinski definition) is 3. The molecule has 90 valence electrons. The van der Waals surface area contributed by atoms with Crippen molar-refractivity contribution in [3.05, 3.63) is 18.2 Å². The highest BCUT2D eigenvalue weighted by Gasteiger charge is 2.27. The summed E-state index contributed by atoms with van der Waals surface area (Å²) in [6.07, 6.45) is 3.94. The number of nitrogens with zero attached hydrogens (tertiary/aromatic N) is 3. The van der Waals surface area contributed by atoms with Crippen LogP contribution in [0.2, 0.25) is 0 Å². The zero-order valence-corrected chi connectivity index (χ0v) is 10.5. The SMILES string of the molecule is CC(N)C(C)(C)CN1CCn2ccnc2C1. The Hall–Kier alpha value is -0.870. The Bertz CT molecular complexity index is 354. The second kappa shape index (κ2) is 4.18. The van der Waals surface area contributed by atoms with E-state index in [9.17, 15) is 0 Å². The van der Waals surface area contributed by atoms with Crippen molar-refractivity contribution in [1.82, 2.24) is 14.5 Å². The average molecular weight is 222 g/mol. The highest BCUT2D eigenvalue weighted by molar-refractivity contribution is 4.96. The zero-order valence-electron chi connectivity index (χ0n) is 10.5. The second-order valence-electron chi connectivity index (χ2n) is 5.52. The van der Waals surface area contributed by atoms with Crippen LogP contribution in [0.15, 0.2) is 12.4 Å². The molecule has 4 nitrogen and oxygen atoms in total. The molecule has 2 heterocycles. The lowest BCUT2D eigenvalue weighted by atomic mass is 9.85. The fourth-order valence-corrected chi connectivity index (χ4v) is 2.08. The van der Waals surface area contributed by atoms with Crippen LogP contribution in [0.25, 0.3) is 0 Å². The maximum atomic E-state index is 6.01. The van der Waals surface area contributed by atoms with E-state index < -0.39 is 0 Å². The van der Waals surface area contributed by atoms with Crippen molar-refractivity contribution in [3.8, 4) is 0 Å². The third-order valence-electron chi connectivity index (χ3n) is 3.69. The average Bonchev–Trinajstić information content (AvgIpc) is 2.63. The lowest BCUT2D eigenvalue weighted by Crippen LogP contribution is -2.46. The largest absolute Gasteiger partial charge is 0.333 e. The lowest BCUT2D eigenvalue weighted by Gasteiger charge is -2.37. The van der Waals surface area contributed by atoms with E-state index in [1.165, 1.54) is 5.82 Å². The van der Waals surface area contributed by atoms with E-state index in [1.807, 2.05) is 6.20 Å². The van der Waals surface area contributed by atoms with E-state index in [0.717, 1.165) is 26.2 Å². The molecular formula is C12H22N4. The summed E-state index contributed by atoms with van der Waals surface area (Å²) in [6, 6.07) is 0.217. The van der Waals surface area contributed by atoms with Crippen molar-refractivity contribution in [3.63, 3.8) is 0 Å². The van der Waals surface area contributed by atoms with E-state index in [-0.39, 0.29) is 11.5 Å². The number of aromatic nitrogens is 2. The third kappa shape index (κ3) is 2.28. The molecule has 1 atom stereocenters. The summed E-state index contributed by atoms with van der Waals surface area (Å²) in [5.74, 6) is 1.17. The van der Waals surface area contributed by atoms with Gasteiger partial charge in [0.15, 0.2) is 0 Å². The third-order valence-corrected chi connectivity index (χ3v) is 3.69. The molecule has 0 bridgehead atoms. The van der Waals surface area contributed by atoms with Gasteiger partial charge < -0.3 is 10.3 Å². The van der Waals surface area contributed by atoms with Gasteiger partial charge in [-0.1, -0.05) is 13.8 Å². The Labute approximate surface area is 97.4 Å². The van der Waals surface area contributed by atoms with Crippen LogP contribution in [-0.2, 0) is 13.1 Å². The Morgan fingerprint density at radius 3 is 2.94 bits per heavy atom. The van der Waals surface area contributed by atoms with Crippen molar-refractivity contribution >= 4 is 0 Å². The second-order valence-corrected chi connectivity index (χ2v) is 5.52. The van der Waals surface area contributed by atoms with Gasteiger partial charge in [0.2, 0.25) is 0 Å². The van der Waals surface area contributed by atoms with E-state index in [4.69, 9.17) is 5.73 Å². The summed E-state index contributed by atoms with van der Waals surface area (Å²) in [5.41, 5.74) is 6.18.